The minimum atomic E-state index is -3.73. The van der Waals surface area contributed by atoms with Gasteiger partial charge in [0.15, 0.2) is 0 Å². The summed E-state index contributed by atoms with van der Waals surface area (Å²) in [7, 11) is -2.37. The number of carbonyl (C=O) groups is 1. The Kier molecular flexibility index (Phi) is 6.44. The molecule has 1 atom stereocenters. The molecule has 0 aliphatic heterocycles. The number of benzene rings is 1. The van der Waals surface area contributed by atoms with Crippen molar-refractivity contribution in [1.82, 2.24) is 4.72 Å². The van der Waals surface area contributed by atoms with E-state index in [1.54, 1.807) is 6.92 Å². The standard InChI is InChI=1S/C13H18ClNO5S/c1-9(3-6-13(16)17)8-15-21(18,19)12-5-4-10(14)7-11(12)20-2/h4-5,7,9,15H,3,6,8H2,1-2H3,(H,16,17). The van der Waals surface area contributed by atoms with Crippen LogP contribution in [0.2, 0.25) is 5.02 Å². The van der Waals surface area contributed by atoms with Crippen molar-refractivity contribution in [2.45, 2.75) is 24.7 Å². The van der Waals surface area contributed by atoms with Crippen LogP contribution < -0.4 is 9.46 Å². The van der Waals surface area contributed by atoms with Crippen molar-refractivity contribution in [1.29, 1.82) is 0 Å². The molecule has 0 fully saturated rings. The van der Waals surface area contributed by atoms with E-state index < -0.39 is 16.0 Å². The molecule has 0 saturated heterocycles. The average Bonchev–Trinajstić information content (AvgIpc) is 2.42. The summed E-state index contributed by atoms with van der Waals surface area (Å²) in [5.74, 6) is -0.827. The van der Waals surface area contributed by atoms with Crippen LogP contribution in [0.1, 0.15) is 19.8 Å². The van der Waals surface area contributed by atoms with Crippen LogP contribution >= 0.6 is 11.6 Å². The molecule has 0 heterocycles. The van der Waals surface area contributed by atoms with Crippen molar-refractivity contribution in [3.8, 4) is 5.75 Å². The van der Waals surface area contributed by atoms with Crippen molar-refractivity contribution in [3.63, 3.8) is 0 Å². The Bertz CT molecular complexity index is 603. The molecule has 0 radical (unpaired) electrons. The van der Waals surface area contributed by atoms with E-state index in [0.29, 0.717) is 11.4 Å². The summed E-state index contributed by atoms with van der Waals surface area (Å²) in [5.41, 5.74) is 0. The predicted octanol–water partition coefficient (Wildman–Crippen LogP) is 2.13. The average molecular weight is 336 g/mol. The second-order valence-corrected chi connectivity index (χ2v) is 6.86. The number of methoxy groups -OCH3 is 1. The van der Waals surface area contributed by atoms with Gasteiger partial charge < -0.3 is 9.84 Å². The third kappa shape index (κ3) is 5.53. The number of carboxylic acid groups (broad SMARTS) is 1. The van der Waals surface area contributed by atoms with Gasteiger partial charge in [-0.15, -0.1) is 0 Å². The zero-order valence-corrected chi connectivity index (χ0v) is 13.4. The quantitative estimate of drug-likeness (QED) is 0.759. The van der Waals surface area contributed by atoms with E-state index in [0.717, 1.165) is 0 Å². The molecule has 1 rings (SSSR count). The highest BCUT2D eigenvalue weighted by Crippen LogP contribution is 2.27. The summed E-state index contributed by atoms with van der Waals surface area (Å²) in [4.78, 5) is 10.5. The molecule has 1 aromatic rings. The van der Waals surface area contributed by atoms with E-state index in [2.05, 4.69) is 4.72 Å². The van der Waals surface area contributed by atoms with E-state index in [-0.39, 0.29) is 29.5 Å². The van der Waals surface area contributed by atoms with Crippen LogP contribution in [0.4, 0.5) is 0 Å². The summed E-state index contributed by atoms with van der Waals surface area (Å²) in [6.07, 6.45) is 0.406. The summed E-state index contributed by atoms with van der Waals surface area (Å²) >= 11 is 5.79. The number of sulfonamides is 1. The minimum absolute atomic E-state index is 0.000153. The lowest BCUT2D eigenvalue weighted by Gasteiger charge is -2.14. The molecule has 0 aliphatic carbocycles. The van der Waals surface area contributed by atoms with Crippen molar-refractivity contribution in [3.05, 3.63) is 23.2 Å². The molecule has 8 heteroatoms. The third-order valence-corrected chi connectivity index (χ3v) is 4.59. The summed E-state index contributed by atoms with van der Waals surface area (Å²) < 4.78 is 31.9. The van der Waals surface area contributed by atoms with Gasteiger partial charge in [0.1, 0.15) is 10.6 Å². The smallest absolute Gasteiger partial charge is 0.303 e. The van der Waals surface area contributed by atoms with Gasteiger partial charge in [-0.05, 0) is 24.5 Å². The van der Waals surface area contributed by atoms with Gasteiger partial charge in [-0.2, -0.15) is 0 Å². The van der Waals surface area contributed by atoms with Crippen LogP contribution in [0.3, 0.4) is 0 Å². The molecule has 0 spiro atoms. The Labute approximate surface area is 129 Å². The lowest BCUT2D eigenvalue weighted by molar-refractivity contribution is -0.137. The monoisotopic (exact) mass is 335 g/mol. The fraction of sp³-hybridized carbons (Fsp3) is 0.462. The van der Waals surface area contributed by atoms with Crippen LogP contribution in [0.5, 0.6) is 5.75 Å². The van der Waals surface area contributed by atoms with Crippen LogP contribution in [0.15, 0.2) is 23.1 Å². The first-order valence-corrected chi connectivity index (χ1v) is 8.17. The SMILES string of the molecule is COc1cc(Cl)ccc1S(=O)(=O)NCC(C)CCC(=O)O. The lowest BCUT2D eigenvalue weighted by atomic mass is 10.1. The predicted molar refractivity (Wildman–Crippen MR) is 79.2 cm³/mol. The first kappa shape index (κ1) is 17.7. The number of ether oxygens (including phenoxy) is 1. The van der Waals surface area contributed by atoms with Crippen molar-refractivity contribution < 1.29 is 23.1 Å². The maximum atomic E-state index is 12.2. The van der Waals surface area contributed by atoms with Crippen molar-refractivity contribution in [2.75, 3.05) is 13.7 Å². The largest absolute Gasteiger partial charge is 0.495 e. The Morgan fingerprint density at radius 1 is 1.48 bits per heavy atom. The first-order chi connectivity index (χ1) is 9.76. The number of rotatable bonds is 8. The number of aliphatic carboxylic acids is 1. The highest BCUT2D eigenvalue weighted by atomic mass is 35.5. The molecule has 0 aliphatic rings. The Balaban J connectivity index is 2.76. The summed E-state index contributed by atoms with van der Waals surface area (Å²) in [6.45, 7) is 1.94. The number of carboxylic acids is 1. The van der Waals surface area contributed by atoms with Gasteiger partial charge >= 0.3 is 5.97 Å². The zero-order valence-electron chi connectivity index (χ0n) is 11.8. The Morgan fingerprint density at radius 3 is 2.71 bits per heavy atom. The molecule has 118 valence electrons. The second-order valence-electron chi connectivity index (χ2n) is 4.68. The summed E-state index contributed by atoms with van der Waals surface area (Å²) in [5, 5.41) is 8.97. The maximum absolute atomic E-state index is 12.2. The first-order valence-electron chi connectivity index (χ1n) is 6.31. The van der Waals surface area contributed by atoms with E-state index in [9.17, 15) is 13.2 Å². The zero-order chi connectivity index (χ0) is 16.0. The van der Waals surface area contributed by atoms with Gasteiger partial charge in [-0.25, -0.2) is 13.1 Å². The molecule has 0 saturated carbocycles. The van der Waals surface area contributed by atoms with Gasteiger partial charge in [0.05, 0.1) is 7.11 Å². The molecule has 1 unspecified atom stereocenters. The van der Waals surface area contributed by atoms with E-state index in [1.807, 2.05) is 0 Å². The topological polar surface area (TPSA) is 92.7 Å². The van der Waals surface area contributed by atoms with Crippen LogP contribution in [-0.4, -0.2) is 33.1 Å². The van der Waals surface area contributed by atoms with Crippen molar-refractivity contribution in [2.24, 2.45) is 5.92 Å². The Morgan fingerprint density at radius 2 is 2.14 bits per heavy atom. The fourth-order valence-corrected chi connectivity index (χ4v) is 3.14. The maximum Gasteiger partial charge on any atom is 0.303 e. The van der Waals surface area contributed by atoms with Gasteiger partial charge in [0.2, 0.25) is 10.0 Å². The molecule has 6 nitrogen and oxygen atoms in total. The molecular formula is C13H18ClNO5S. The van der Waals surface area contributed by atoms with E-state index >= 15 is 0 Å². The molecular weight excluding hydrogens is 318 g/mol. The molecule has 2 N–H and O–H groups in total. The second kappa shape index (κ2) is 7.63. The number of hydrogen-bond acceptors (Lipinski definition) is 4. The molecule has 21 heavy (non-hydrogen) atoms. The van der Waals surface area contributed by atoms with Crippen LogP contribution in [0, 0.1) is 5.92 Å². The lowest BCUT2D eigenvalue weighted by Crippen LogP contribution is -2.29. The van der Waals surface area contributed by atoms with Gasteiger partial charge in [0, 0.05) is 24.1 Å². The molecule has 0 bridgehead atoms. The fourth-order valence-electron chi connectivity index (χ4n) is 1.67. The number of halogens is 1. The molecule has 1 aromatic carbocycles. The van der Waals surface area contributed by atoms with E-state index in [1.165, 1.54) is 25.3 Å². The highest BCUT2D eigenvalue weighted by molar-refractivity contribution is 7.89. The Hall–Kier alpha value is -1.31. The number of nitrogens with one attached hydrogen (secondary N) is 1. The molecule has 0 aromatic heterocycles. The van der Waals surface area contributed by atoms with Gasteiger partial charge in [-0.1, -0.05) is 18.5 Å². The minimum Gasteiger partial charge on any atom is -0.495 e. The highest BCUT2D eigenvalue weighted by Gasteiger charge is 2.20. The van der Waals surface area contributed by atoms with Crippen molar-refractivity contribution >= 4 is 27.6 Å². The van der Waals surface area contributed by atoms with Gasteiger partial charge in [0.25, 0.3) is 0 Å². The molecule has 0 amide bonds. The van der Waals surface area contributed by atoms with Crippen LogP contribution in [-0.2, 0) is 14.8 Å². The number of hydrogen-bond donors (Lipinski definition) is 2. The van der Waals surface area contributed by atoms with Crippen LogP contribution in [0.25, 0.3) is 0 Å². The normalized spacial score (nSPS) is 12.9. The third-order valence-electron chi connectivity index (χ3n) is 2.89. The summed E-state index contributed by atoms with van der Waals surface area (Å²) in [6, 6.07) is 4.25. The van der Waals surface area contributed by atoms with Gasteiger partial charge in [-0.3, -0.25) is 4.79 Å². The van der Waals surface area contributed by atoms with E-state index in [4.69, 9.17) is 21.4 Å².